The Balaban J connectivity index is 1.76. The van der Waals surface area contributed by atoms with E-state index in [1.54, 1.807) is 54.6 Å². The molecule has 3 rings (SSSR count). The number of carbonyl (C=O) groups is 3. The van der Waals surface area contributed by atoms with Crippen LogP contribution in [0.25, 0.3) is 6.08 Å². The van der Waals surface area contributed by atoms with E-state index in [4.69, 9.17) is 11.6 Å². The molecule has 0 spiro atoms. The summed E-state index contributed by atoms with van der Waals surface area (Å²) in [5.41, 5.74) is 1.21. The number of thioether (sulfide) groups is 1. The molecule has 0 atom stereocenters. The van der Waals surface area contributed by atoms with Crippen LogP contribution in [0.15, 0.2) is 57.9 Å². The van der Waals surface area contributed by atoms with Crippen LogP contribution in [0.3, 0.4) is 0 Å². The van der Waals surface area contributed by atoms with Crippen LogP contribution in [0, 0.1) is 0 Å². The third-order valence-corrected chi connectivity index (χ3v) is 5.20. The Hall–Kier alpha value is -1.89. The van der Waals surface area contributed by atoms with Crippen molar-refractivity contribution in [1.82, 2.24) is 4.90 Å². The van der Waals surface area contributed by atoms with Gasteiger partial charge >= 0.3 is 0 Å². The van der Waals surface area contributed by atoms with Gasteiger partial charge in [0.05, 0.1) is 11.4 Å². The summed E-state index contributed by atoms with van der Waals surface area (Å²) in [7, 11) is 0. The second-order valence-electron chi connectivity index (χ2n) is 5.25. The van der Waals surface area contributed by atoms with Gasteiger partial charge in [0, 0.05) is 15.1 Å². The Morgan fingerprint density at radius 2 is 1.72 bits per heavy atom. The van der Waals surface area contributed by atoms with E-state index >= 15 is 0 Å². The molecule has 1 aliphatic rings. The Bertz CT molecular complexity index is 878. The lowest BCUT2D eigenvalue weighted by molar-refractivity contribution is -0.122. The molecule has 25 heavy (non-hydrogen) atoms. The maximum Gasteiger partial charge on any atom is 0.293 e. The molecule has 2 aromatic carbocycles. The van der Waals surface area contributed by atoms with Gasteiger partial charge in [-0.25, -0.2) is 0 Å². The van der Waals surface area contributed by atoms with Crippen LogP contribution >= 0.6 is 39.3 Å². The van der Waals surface area contributed by atoms with Gasteiger partial charge in [-0.15, -0.1) is 0 Å². The van der Waals surface area contributed by atoms with Crippen molar-refractivity contribution in [2.24, 2.45) is 0 Å². The quantitative estimate of drug-likeness (QED) is 0.499. The average Bonchev–Trinajstić information content (AvgIpc) is 2.85. The van der Waals surface area contributed by atoms with Gasteiger partial charge in [-0.1, -0.05) is 51.8 Å². The first-order valence-electron chi connectivity index (χ1n) is 7.24. The van der Waals surface area contributed by atoms with Crippen molar-refractivity contribution in [2.45, 2.75) is 0 Å². The normalized spacial score (nSPS) is 15.9. The summed E-state index contributed by atoms with van der Waals surface area (Å²) in [6.45, 7) is -0.274. The number of ketones is 1. The molecule has 126 valence electrons. The topological polar surface area (TPSA) is 54.5 Å². The maximum atomic E-state index is 12.4. The fourth-order valence-electron chi connectivity index (χ4n) is 2.22. The number of amides is 2. The number of Topliss-reactive ketones (excluding diaryl/α,β-unsaturated/α-hetero) is 1. The third kappa shape index (κ3) is 4.21. The number of hydrogen-bond acceptors (Lipinski definition) is 4. The zero-order valence-corrected chi connectivity index (χ0v) is 15.9. The molecule has 1 fully saturated rings. The van der Waals surface area contributed by atoms with Crippen molar-refractivity contribution >= 4 is 62.3 Å². The van der Waals surface area contributed by atoms with E-state index in [0.29, 0.717) is 10.6 Å². The van der Waals surface area contributed by atoms with Crippen LogP contribution in [0.4, 0.5) is 4.79 Å². The molecule has 1 aliphatic heterocycles. The van der Waals surface area contributed by atoms with Crippen LogP contribution in [-0.2, 0) is 4.79 Å². The van der Waals surface area contributed by atoms with Gasteiger partial charge in [0.2, 0.25) is 0 Å². The van der Waals surface area contributed by atoms with Gasteiger partial charge in [-0.3, -0.25) is 19.3 Å². The van der Waals surface area contributed by atoms with Gasteiger partial charge in [0.15, 0.2) is 5.78 Å². The molecule has 0 saturated carbocycles. The number of rotatable bonds is 4. The van der Waals surface area contributed by atoms with E-state index in [9.17, 15) is 14.4 Å². The maximum absolute atomic E-state index is 12.4. The van der Waals surface area contributed by atoms with E-state index in [1.165, 1.54) is 0 Å². The summed E-state index contributed by atoms with van der Waals surface area (Å²) >= 11 is 9.96. The zero-order chi connectivity index (χ0) is 18.0. The summed E-state index contributed by atoms with van der Waals surface area (Å²) in [6.07, 6.45) is 1.62. The third-order valence-electron chi connectivity index (χ3n) is 3.51. The monoisotopic (exact) mass is 435 g/mol. The number of halogens is 2. The number of benzene rings is 2. The predicted octanol–water partition coefficient (Wildman–Crippen LogP) is 5.02. The van der Waals surface area contributed by atoms with Gasteiger partial charge in [0.1, 0.15) is 0 Å². The van der Waals surface area contributed by atoms with Crippen LogP contribution in [-0.4, -0.2) is 28.4 Å². The molecule has 1 heterocycles. The van der Waals surface area contributed by atoms with E-state index < -0.39 is 11.1 Å². The Morgan fingerprint density at radius 3 is 2.36 bits per heavy atom. The molecule has 4 nitrogen and oxygen atoms in total. The number of hydrogen-bond donors (Lipinski definition) is 0. The van der Waals surface area contributed by atoms with Crippen LogP contribution in [0.1, 0.15) is 15.9 Å². The van der Waals surface area contributed by atoms with E-state index in [0.717, 1.165) is 26.7 Å². The largest absolute Gasteiger partial charge is 0.293 e. The number of imide groups is 1. The average molecular weight is 437 g/mol. The molecule has 0 aliphatic carbocycles. The zero-order valence-electron chi connectivity index (χ0n) is 12.7. The fraction of sp³-hybridized carbons (Fsp3) is 0.0556. The van der Waals surface area contributed by atoms with Crippen LogP contribution in [0.5, 0.6) is 0 Å². The summed E-state index contributed by atoms with van der Waals surface area (Å²) in [5, 5.41) is 0.140. The van der Waals surface area contributed by atoms with Crippen molar-refractivity contribution in [3.05, 3.63) is 74.1 Å². The fourth-order valence-corrected chi connectivity index (χ4v) is 3.45. The smallest absolute Gasteiger partial charge is 0.292 e. The molecule has 2 amide bonds. The molecule has 7 heteroatoms. The molecule has 1 saturated heterocycles. The predicted molar refractivity (Wildman–Crippen MR) is 103 cm³/mol. The summed E-state index contributed by atoms with van der Waals surface area (Å²) in [4.78, 5) is 38.1. The second-order valence-corrected chi connectivity index (χ2v) is 7.59. The molecule has 0 bridgehead atoms. The SMILES string of the molecule is O=C(CN1C(=O)S/C(=C/c2ccc(Cl)cc2)C1=O)c1ccc(Br)cc1. The number of nitrogens with zero attached hydrogens (tertiary/aromatic N) is 1. The molecule has 2 aromatic rings. The van der Waals surface area contributed by atoms with E-state index in [1.807, 2.05) is 0 Å². The van der Waals surface area contributed by atoms with Crippen molar-refractivity contribution in [1.29, 1.82) is 0 Å². The minimum Gasteiger partial charge on any atom is -0.292 e. The van der Waals surface area contributed by atoms with Crippen molar-refractivity contribution in [2.75, 3.05) is 6.54 Å². The first-order valence-corrected chi connectivity index (χ1v) is 9.22. The highest BCUT2D eigenvalue weighted by Gasteiger charge is 2.36. The lowest BCUT2D eigenvalue weighted by atomic mass is 10.1. The highest BCUT2D eigenvalue weighted by Crippen LogP contribution is 2.32. The van der Waals surface area contributed by atoms with E-state index in [2.05, 4.69) is 15.9 Å². The molecule has 0 unspecified atom stereocenters. The Labute approximate surface area is 162 Å². The molecule has 0 radical (unpaired) electrons. The highest BCUT2D eigenvalue weighted by atomic mass is 79.9. The first-order chi connectivity index (χ1) is 11.9. The molecular weight excluding hydrogens is 426 g/mol. The van der Waals surface area contributed by atoms with Gasteiger partial charge in [0.25, 0.3) is 11.1 Å². The van der Waals surface area contributed by atoms with Crippen LogP contribution in [0.2, 0.25) is 5.02 Å². The molecule has 0 N–H and O–H groups in total. The van der Waals surface area contributed by atoms with E-state index in [-0.39, 0.29) is 17.2 Å². The second kappa shape index (κ2) is 7.56. The lowest BCUT2D eigenvalue weighted by Crippen LogP contribution is -2.33. The Morgan fingerprint density at radius 1 is 1.08 bits per heavy atom. The van der Waals surface area contributed by atoms with Gasteiger partial charge in [-0.05, 0) is 47.7 Å². The molecule has 0 aromatic heterocycles. The summed E-state index contributed by atoms with van der Waals surface area (Å²) < 4.78 is 0.848. The van der Waals surface area contributed by atoms with Crippen LogP contribution < -0.4 is 0 Å². The number of carbonyl (C=O) groups excluding carboxylic acids is 3. The Kier molecular flexibility index (Phi) is 5.42. The minimum absolute atomic E-state index is 0.274. The standard InChI is InChI=1S/C18H11BrClNO3S/c19-13-5-3-12(4-6-13)15(22)10-21-17(23)16(25-18(21)24)9-11-1-7-14(20)8-2-11/h1-9H,10H2/b16-9+. The highest BCUT2D eigenvalue weighted by molar-refractivity contribution is 9.10. The van der Waals surface area contributed by atoms with Crippen molar-refractivity contribution in [3.8, 4) is 0 Å². The first kappa shape index (κ1) is 17.9. The lowest BCUT2D eigenvalue weighted by Gasteiger charge is -2.11. The minimum atomic E-state index is -0.463. The molecular formula is C18H11BrClNO3S. The summed E-state index contributed by atoms with van der Waals surface area (Å²) in [6, 6.07) is 13.7. The van der Waals surface area contributed by atoms with Crippen molar-refractivity contribution < 1.29 is 14.4 Å². The van der Waals surface area contributed by atoms with Gasteiger partial charge in [-0.2, -0.15) is 0 Å². The van der Waals surface area contributed by atoms with Gasteiger partial charge < -0.3 is 0 Å². The summed E-state index contributed by atoms with van der Waals surface area (Å²) in [5.74, 6) is -0.752. The van der Waals surface area contributed by atoms with Crippen molar-refractivity contribution in [3.63, 3.8) is 0 Å².